The molecule has 1 amide bonds. The minimum Gasteiger partial charge on any atom is -0.381 e. The van der Waals surface area contributed by atoms with Crippen molar-refractivity contribution >= 4 is 5.91 Å². The molecule has 2 aliphatic rings. The normalized spacial score (nSPS) is 20.5. The van der Waals surface area contributed by atoms with Gasteiger partial charge in [0, 0.05) is 43.9 Å². The Balaban J connectivity index is 1.56. The summed E-state index contributed by atoms with van der Waals surface area (Å²) in [5, 5.41) is 0. The van der Waals surface area contributed by atoms with E-state index < -0.39 is 0 Å². The Labute approximate surface area is 140 Å². The largest absolute Gasteiger partial charge is 0.381 e. The highest BCUT2D eigenvalue weighted by atomic mass is 16.5. The van der Waals surface area contributed by atoms with Gasteiger partial charge in [0.1, 0.15) is 12.0 Å². The molecule has 0 unspecified atom stereocenters. The zero-order valence-corrected chi connectivity index (χ0v) is 13.5. The van der Waals surface area contributed by atoms with Crippen LogP contribution in [-0.4, -0.2) is 52.1 Å². The molecule has 0 bridgehead atoms. The lowest BCUT2D eigenvalue weighted by Gasteiger charge is -2.19. The molecule has 1 fully saturated rings. The maximum absolute atomic E-state index is 12.7. The van der Waals surface area contributed by atoms with Gasteiger partial charge < -0.3 is 9.64 Å². The molecule has 1 atom stereocenters. The van der Waals surface area contributed by atoms with Crippen molar-refractivity contribution in [3.05, 3.63) is 53.4 Å². The quantitative estimate of drug-likeness (QED) is 0.839. The zero-order valence-electron chi connectivity index (χ0n) is 13.5. The van der Waals surface area contributed by atoms with E-state index in [9.17, 15) is 4.79 Å². The Morgan fingerprint density at radius 1 is 1.17 bits per heavy atom. The Morgan fingerprint density at radius 2 is 2.08 bits per heavy atom. The molecular formula is C18H20N4O2. The first-order chi connectivity index (χ1) is 11.8. The van der Waals surface area contributed by atoms with Crippen LogP contribution < -0.4 is 0 Å². The molecule has 6 nitrogen and oxygen atoms in total. The lowest BCUT2D eigenvalue weighted by atomic mass is 9.96. The molecule has 2 aromatic rings. The molecule has 2 aromatic heterocycles. The van der Waals surface area contributed by atoms with E-state index in [0.29, 0.717) is 24.7 Å². The molecule has 0 N–H and O–H groups in total. The molecule has 1 saturated heterocycles. The second-order valence-electron chi connectivity index (χ2n) is 6.25. The van der Waals surface area contributed by atoms with Gasteiger partial charge in [0.15, 0.2) is 0 Å². The highest BCUT2D eigenvalue weighted by Gasteiger charge is 2.27. The third kappa shape index (κ3) is 2.89. The van der Waals surface area contributed by atoms with Gasteiger partial charge in [0.25, 0.3) is 5.91 Å². The van der Waals surface area contributed by atoms with E-state index >= 15 is 0 Å². The molecular weight excluding hydrogens is 304 g/mol. The third-order valence-corrected chi connectivity index (χ3v) is 4.81. The molecule has 0 aromatic carbocycles. The molecule has 24 heavy (non-hydrogen) atoms. The van der Waals surface area contributed by atoms with Crippen molar-refractivity contribution in [1.29, 1.82) is 0 Å². The average molecular weight is 324 g/mol. The van der Waals surface area contributed by atoms with Crippen molar-refractivity contribution in [2.75, 3.05) is 26.3 Å². The van der Waals surface area contributed by atoms with Gasteiger partial charge in [-0.05, 0) is 30.5 Å². The maximum atomic E-state index is 12.7. The third-order valence-electron chi connectivity index (χ3n) is 4.81. The molecule has 4 heterocycles. The fourth-order valence-electron chi connectivity index (χ4n) is 3.51. The molecule has 0 spiro atoms. The van der Waals surface area contributed by atoms with Crippen LogP contribution in [0.4, 0.5) is 0 Å². The molecule has 0 aliphatic carbocycles. The molecule has 0 saturated carbocycles. The summed E-state index contributed by atoms with van der Waals surface area (Å²) in [6, 6.07) is 5.43. The van der Waals surface area contributed by atoms with Gasteiger partial charge in [0.05, 0.1) is 12.3 Å². The summed E-state index contributed by atoms with van der Waals surface area (Å²) >= 11 is 0. The standard InChI is InChI=1S/C18H20N4O2/c23-18(16-3-1-2-7-19-16)22-8-4-14-15(5-9-22)20-12-21-17(14)13-6-10-24-11-13/h1-3,7,12-13H,4-6,8-11H2/t13-/m0/s1. The number of rotatable bonds is 2. The first-order valence-corrected chi connectivity index (χ1v) is 8.43. The predicted octanol–water partition coefficient (Wildman–Crippen LogP) is 1.62. The van der Waals surface area contributed by atoms with Crippen LogP contribution in [0.2, 0.25) is 0 Å². The second kappa shape index (κ2) is 6.65. The van der Waals surface area contributed by atoms with Gasteiger partial charge in [-0.1, -0.05) is 6.07 Å². The van der Waals surface area contributed by atoms with Crippen molar-refractivity contribution in [3.8, 4) is 0 Å². The van der Waals surface area contributed by atoms with Crippen molar-refractivity contribution in [2.45, 2.75) is 25.2 Å². The number of aromatic nitrogens is 3. The molecule has 2 aliphatic heterocycles. The fraction of sp³-hybridized carbons (Fsp3) is 0.444. The first-order valence-electron chi connectivity index (χ1n) is 8.43. The summed E-state index contributed by atoms with van der Waals surface area (Å²) in [4.78, 5) is 27.7. The van der Waals surface area contributed by atoms with Gasteiger partial charge in [-0.2, -0.15) is 0 Å². The minimum atomic E-state index is -0.0119. The number of hydrogen-bond donors (Lipinski definition) is 0. The summed E-state index contributed by atoms with van der Waals surface area (Å²) in [6.07, 6.45) is 5.88. The first kappa shape index (κ1) is 15.2. The number of ether oxygens (including phenoxy) is 1. The van der Waals surface area contributed by atoms with E-state index in [1.807, 2.05) is 17.0 Å². The number of pyridine rings is 1. The van der Waals surface area contributed by atoms with Gasteiger partial charge in [-0.3, -0.25) is 9.78 Å². The van der Waals surface area contributed by atoms with Crippen LogP contribution in [0, 0.1) is 0 Å². The van der Waals surface area contributed by atoms with Crippen LogP contribution in [-0.2, 0) is 17.6 Å². The number of amides is 1. The van der Waals surface area contributed by atoms with E-state index in [-0.39, 0.29) is 5.91 Å². The van der Waals surface area contributed by atoms with Crippen LogP contribution in [0.1, 0.15) is 39.8 Å². The lowest BCUT2D eigenvalue weighted by Crippen LogP contribution is -2.33. The van der Waals surface area contributed by atoms with Gasteiger partial charge in [-0.15, -0.1) is 0 Å². The highest BCUT2D eigenvalue weighted by Crippen LogP contribution is 2.29. The van der Waals surface area contributed by atoms with Crippen LogP contribution >= 0.6 is 0 Å². The van der Waals surface area contributed by atoms with Crippen LogP contribution in [0.25, 0.3) is 0 Å². The minimum absolute atomic E-state index is 0.0119. The number of nitrogens with zero attached hydrogens (tertiary/aromatic N) is 4. The number of carbonyl (C=O) groups is 1. The zero-order chi connectivity index (χ0) is 16.4. The molecule has 124 valence electrons. The van der Waals surface area contributed by atoms with E-state index in [1.54, 1.807) is 18.6 Å². The van der Waals surface area contributed by atoms with E-state index in [4.69, 9.17) is 4.74 Å². The van der Waals surface area contributed by atoms with Gasteiger partial charge in [-0.25, -0.2) is 9.97 Å². The summed E-state index contributed by atoms with van der Waals surface area (Å²) in [7, 11) is 0. The summed E-state index contributed by atoms with van der Waals surface area (Å²) in [5.41, 5.74) is 3.90. The Morgan fingerprint density at radius 3 is 2.88 bits per heavy atom. The lowest BCUT2D eigenvalue weighted by molar-refractivity contribution is 0.0757. The van der Waals surface area contributed by atoms with Crippen LogP contribution in [0.15, 0.2) is 30.7 Å². The molecule has 0 radical (unpaired) electrons. The number of hydrogen-bond acceptors (Lipinski definition) is 5. The molecule has 6 heteroatoms. The molecule has 4 rings (SSSR count). The second-order valence-corrected chi connectivity index (χ2v) is 6.25. The van der Waals surface area contributed by atoms with E-state index in [0.717, 1.165) is 43.9 Å². The van der Waals surface area contributed by atoms with Crippen molar-refractivity contribution in [3.63, 3.8) is 0 Å². The SMILES string of the molecule is O=C(c1ccccn1)N1CCc2ncnc([C@H]3CCOC3)c2CC1. The Kier molecular flexibility index (Phi) is 4.21. The van der Waals surface area contributed by atoms with Crippen molar-refractivity contribution in [2.24, 2.45) is 0 Å². The summed E-state index contributed by atoms with van der Waals surface area (Å²) in [6.45, 7) is 2.88. The van der Waals surface area contributed by atoms with Crippen LogP contribution in [0.3, 0.4) is 0 Å². The smallest absolute Gasteiger partial charge is 0.272 e. The number of carbonyl (C=O) groups excluding carboxylic acids is 1. The summed E-state index contributed by atoms with van der Waals surface area (Å²) < 4.78 is 5.52. The van der Waals surface area contributed by atoms with E-state index in [2.05, 4.69) is 15.0 Å². The summed E-state index contributed by atoms with van der Waals surface area (Å²) in [5.74, 6) is 0.349. The van der Waals surface area contributed by atoms with Crippen molar-refractivity contribution in [1.82, 2.24) is 19.9 Å². The van der Waals surface area contributed by atoms with Crippen molar-refractivity contribution < 1.29 is 9.53 Å². The van der Waals surface area contributed by atoms with Gasteiger partial charge >= 0.3 is 0 Å². The monoisotopic (exact) mass is 324 g/mol. The topological polar surface area (TPSA) is 68.2 Å². The number of fused-ring (bicyclic) bond motifs is 1. The Bertz CT molecular complexity index is 729. The fourth-order valence-corrected chi connectivity index (χ4v) is 3.51. The highest BCUT2D eigenvalue weighted by molar-refractivity contribution is 5.92. The maximum Gasteiger partial charge on any atom is 0.272 e. The van der Waals surface area contributed by atoms with Crippen LogP contribution in [0.5, 0.6) is 0 Å². The van der Waals surface area contributed by atoms with Gasteiger partial charge in [0.2, 0.25) is 0 Å². The van der Waals surface area contributed by atoms with E-state index in [1.165, 1.54) is 5.56 Å². The average Bonchev–Trinajstić information content (AvgIpc) is 3.08. The predicted molar refractivity (Wildman–Crippen MR) is 87.8 cm³/mol. The Hall–Kier alpha value is -2.34.